The van der Waals surface area contributed by atoms with Gasteiger partial charge in [-0.25, -0.2) is 12.1 Å². The molecule has 4 heteroatoms. The summed E-state index contributed by atoms with van der Waals surface area (Å²) in [5, 5.41) is 5.27. The first-order valence-electron chi connectivity index (χ1n) is 12.7. The predicted octanol–water partition coefficient (Wildman–Crippen LogP) is 11.2. The van der Waals surface area contributed by atoms with E-state index in [-0.39, 0.29) is 5.43 Å². The normalized spacial score (nSPS) is 10.4. The van der Waals surface area contributed by atoms with Crippen LogP contribution in [-0.4, -0.2) is 5.43 Å². The molecule has 0 N–H and O–H groups in total. The van der Waals surface area contributed by atoms with Crippen LogP contribution in [-0.2, 0) is 18.0 Å². The molecule has 38 heavy (non-hydrogen) atoms. The van der Waals surface area contributed by atoms with Crippen molar-refractivity contribution in [2.45, 2.75) is 26.9 Å². The van der Waals surface area contributed by atoms with Gasteiger partial charge in [0.25, 0.3) is 0 Å². The van der Waals surface area contributed by atoms with Gasteiger partial charge in [-0.3, -0.25) is 0 Å². The van der Waals surface area contributed by atoms with Crippen LogP contribution >= 0.6 is 17.0 Å². The fourth-order valence-corrected chi connectivity index (χ4v) is 4.41. The molecule has 0 aliphatic rings. The van der Waals surface area contributed by atoms with Crippen molar-refractivity contribution in [1.82, 2.24) is 0 Å². The molecule has 6 aromatic rings. The zero-order valence-corrected chi connectivity index (χ0v) is 27.3. The van der Waals surface area contributed by atoms with Crippen molar-refractivity contribution in [3.05, 3.63) is 132 Å². The number of aryl methyl sites for hydroxylation is 2. The molecular weight excluding hydrogens is 599 g/mol. The quantitative estimate of drug-likeness (QED) is 0.132. The van der Waals surface area contributed by atoms with Crippen molar-refractivity contribution < 1.29 is 18.0 Å². The summed E-state index contributed by atoms with van der Waals surface area (Å²) in [7, 11) is 11.2. The number of benzene rings is 4. The van der Waals surface area contributed by atoms with Crippen LogP contribution in [0.5, 0.6) is 0 Å². The Kier molecular flexibility index (Phi) is 10.4. The van der Waals surface area contributed by atoms with Crippen LogP contribution in [0.3, 0.4) is 0 Å². The van der Waals surface area contributed by atoms with Gasteiger partial charge in [-0.1, -0.05) is 110 Å². The minimum atomic E-state index is -1.65. The van der Waals surface area contributed by atoms with Gasteiger partial charge in [0.1, 0.15) is 0 Å². The van der Waals surface area contributed by atoms with Crippen molar-refractivity contribution in [2.75, 3.05) is 0 Å². The maximum Gasteiger partial charge on any atom is -0.0189 e. The van der Waals surface area contributed by atoms with E-state index in [0.29, 0.717) is 0 Å². The van der Waals surface area contributed by atoms with E-state index in [1.165, 1.54) is 54.9 Å². The Morgan fingerprint density at radius 2 is 0.947 bits per heavy atom. The molecule has 0 aromatic heterocycles. The number of rotatable bonds is 2. The van der Waals surface area contributed by atoms with E-state index in [2.05, 4.69) is 148 Å². The molecule has 0 atom stereocenters. The van der Waals surface area contributed by atoms with Gasteiger partial charge in [0, 0.05) is 0 Å². The molecule has 6 aromatic carbocycles. The molecule has 0 heterocycles. The second-order valence-electron chi connectivity index (χ2n) is 9.67. The van der Waals surface area contributed by atoms with Gasteiger partial charge in [-0.05, 0) is 21.5 Å². The Morgan fingerprint density at radius 1 is 0.579 bits per heavy atom. The molecule has 0 radical (unpaired) electrons. The summed E-state index contributed by atoms with van der Waals surface area (Å²) >= 11 is -1.65. The molecule has 0 amide bonds. The average molecular weight is 631 g/mol. The van der Waals surface area contributed by atoms with E-state index in [0.717, 1.165) is 0 Å². The van der Waals surface area contributed by atoms with Gasteiger partial charge in [-0.2, -0.15) is 46.5 Å². The predicted molar refractivity (Wildman–Crippen MR) is 169 cm³/mol. The molecule has 0 saturated carbocycles. The Balaban J connectivity index is 0.000000147. The van der Waals surface area contributed by atoms with E-state index in [4.69, 9.17) is 17.0 Å². The Morgan fingerprint density at radius 3 is 1.29 bits per heavy atom. The van der Waals surface area contributed by atoms with Gasteiger partial charge in [0.05, 0.1) is 0 Å². The van der Waals surface area contributed by atoms with Crippen LogP contribution in [0, 0.1) is 13.8 Å². The number of fused-ring (bicyclic) bond motifs is 2. The molecule has 0 nitrogen and oxygen atoms in total. The standard InChI is InChI=1S/2C16H13.C2H6Si.2ClH.Zr/c2*1-12-9-10-14(11-12)16-8-4-6-13-5-2-3-7-15(13)16;1-3-2;;;/h2*2-11H,1H3;1-2H3;2*1H;/q2*-1;;;;+2/p-2. The van der Waals surface area contributed by atoms with Crippen LogP contribution < -0.4 is 0 Å². The monoisotopic (exact) mass is 628 g/mol. The second kappa shape index (κ2) is 13.7. The summed E-state index contributed by atoms with van der Waals surface area (Å²) in [4.78, 5) is 0. The third kappa shape index (κ3) is 7.45. The maximum absolute atomic E-state index is 5.62. The average Bonchev–Trinajstić information content (AvgIpc) is 3.56. The van der Waals surface area contributed by atoms with Crippen LogP contribution in [0.25, 0.3) is 43.8 Å². The summed E-state index contributed by atoms with van der Waals surface area (Å²) in [5.74, 6) is 0. The van der Waals surface area contributed by atoms with Crippen molar-refractivity contribution in [1.29, 1.82) is 0 Å². The summed E-state index contributed by atoms with van der Waals surface area (Å²) < 4.78 is 0. The molecule has 0 fully saturated rings. The van der Waals surface area contributed by atoms with Gasteiger partial charge in [0.2, 0.25) is 0 Å². The van der Waals surface area contributed by atoms with Crippen LogP contribution in [0.1, 0.15) is 11.1 Å². The molecule has 0 bridgehead atoms. The maximum atomic E-state index is 5.62. The molecule has 0 aliphatic heterocycles. The van der Waals surface area contributed by atoms with Gasteiger partial charge >= 0.3 is 53.5 Å². The second-order valence-corrected chi connectivity index (χ2v) is 32.6. The first-order chi connectivity index (χ1) is 18.3. The minimum absolute atomic E-state index is 0.224. The molecule has 0 unspecified atom stereocenters. The summed E-state index contributed by atoms with van der Waals surface area (Å²) in [5.41, 5.74) is 7.70. The van der Waals surface area contributed by atoms with Gasteiger partial charge in [-0.15, -0.1) is 0 Å². The minimum Gasteiger partial charge on any atom is -0.203 e. The first kappa shape index (κ1) is 28.8. The van der Waals surface area contributed by atoms with E-state index in [9.17, 15) is 0 Å². The molecule has 0 spiro atoms. The molecule has 192 valence electrons. The Hall–Kier alpha value is -2.22. The fraction of sp³-hybridized carbons (Fsp3) is 0.118. The van der Waals surface area contributed by atoms with E-state index >= 15 is 0 Å². The van der Waals surface area contributed by atoms with Crippen LogP contribution in [0.15, 0.2) is 121 Å². The third-order valence-corrected chi connectivity index (χ3v) is 26.1. The third-order valence-electron chi connectivity index (χ3n) is 6.40. The molecule has 6 rings (SSSR count). The fourth-order valence-electron chi connectivity index (χ4n) is 4.41. The van der Waals surface area contributed by atoms with Crippen LogP contribution in [0.4, 0.5) is 0 Å². The zero-order valence-electron chi connectivity index (χ0n) is 22.3. The van der Waals surface area contributed by atoms with Crippen molar-refractivity contribution in [2.24, 2.45) is 0 Å². The molecular formula is C34H32Cl2SiZr-2. The smallest absolute Gasteiger partial charge is 0.0189 e. The van der Waals surface area contributed by atoms with E-state index < -0.39 is 18.0 Å². The topological polar surface area (TPSA) is 0 Å². The van der Waals surface area contributed by atoms with E-state index in [1.54, 1.807) is 0 Å². The summed E-state index contributed by atoms with van der Waals surface area (Å²) in [6.45, 7) is 8.60. The summed E-state index contributed by atoms with van der Waals surface area (Å²) in [6, 6.07) is 43.2. The van der Waals surface area contributed by atoms with Crippen molar-refractivity contribution >= 4 is 44.0 Å². The number of halogens is 2. The Bertz CT molecular complexity index is 1550. The van der Waals surface area contributed by atoms with Crippen molar-refractivity contribution in [3.63, 3.8) is 0 Å². The van der Waals surface area contributed by atoms with Crippen molar-refractivity contribution in [3.8, 4) is 22.3 Å². The zero-order chi connectivity index (χ0) is 27.1. The number of hydrogen-bond acceptors (Lipinski definition) is 0. The number of hydrogen-bond donors (Lipinski definition) is 0. The summed E-state index contributed by atoms with van der Waals surface area (Å²) in [6.07, 6.45) is 0. The van der Waals surface area contributed by atoms with E-state index in [1.807, 2.05) is 0 Å². The Labute approximate surface area is 241 Å². The molecule has 0 saturated heterocycles. The SMILES string of the molecule is C[Si](C)=[Zr]([Cl])[Cl].Cc1cc(-c2cccc3ccccc23)c[cH-]1.Cc1cc(-c2cccc3ccccc23)c[cH-]1. The van der Waals surface area contributed by atoms with Gasteiger partial charge < -0.3 is 0 Å². The molecule has 0 aliphatic carbocycles. The van der Waals surface area contributed by atoms with Crippen LogP contribution in [0.2, 0.25) is 13.1 Å². The van der Waals surface area contributed by atoms with Gasteiger partial charge in [0.15, 0.2) is 0 Å². The first-order valence-corrected chi connectivity index (χ1v) is 25.3. The largest absolute Gasteiger partial charge is 0.203 e.